The Labute approximate surface area is 292 Å². The second-order valence-corrected chi connectivity index (χ2v) is 14.2. The Kier molecular flexibility index (Phi) is 7.99. The fourth-order valence-electron chi connectivity index (χ4n) is 8.16. The monoisotopic (exact) mass is 712 g/mol. The largest absolute Gasteiger partial charge is 0.454 e. The summed E-state index contributed by atoms with van der Waals surface area (Å²) in [6, 6.07) is 29.9. The van der Waals surface area contributed by atoms with Crippen LogP contribution in [0, 0.1) is 23.7 Å². The van der Waals surface area contributed by atoms with Crippen LogP contribution in [0.5, 0.6) is 0 Å². The van der Waals surface area contributed by atoms with Crippen LogP contribution in [0.1, 0.15) is 52.5 Å². The van der Waals surface area contributed by atoms with Gasteiger partial charge in [-0.3, -0.25) is 19.3 Å². The molecule has 4 unspecified atom stereocenters. The van der Waals surface area contributed by atoms with Crippen LogP contribution in [-0.2, 0) is 20.7 Å². The van der Waals surface area contributed by atoms with E-state index in [2.05, 4.69) is 15.9 Å². The lowest BCUT2D eigenvalue weighted by atomic mass is 9.81. The van der Waals surface area contributed by atoms with E-state index in [1.807, 2.05) is 73.7 Å². The van der Waals surface area contributed by atoms with Crippen molar-refractivity contribution in [3.63, 3.8) is 0 Å². The molecule has 49 heavy (non-hydrogen) atoms. The summed E-state index contributed by atoms with van der Waals surface area (Å²) in [4.78, 5) is 59.9. The van der Waals surface area contributed by atoms with Crippen molar-refractivity contribution in [3.8, 4) is 22.4 Å². The van der Waals surface area contributed by atoms with Crippen LogP contribution < -0.4 is 4.90 Å². The maximum Gasteiger partial charge on any atom is 0.339 e. The second kappa shape index (κ2) is 12.5. The number of anilines is 1. The number of nitrogens with zero attached hydrogens (tertiary/aromatic N) is 2. The maximum absolute atomic E-state index is 13.7. The number of aromatic nitrogens is 1. The molecule has 1 aliphatic heterocycles. The number of hydrogen-bond acceptors (Lipinski definition) is 6. The molecular weight excluding hydrogens is 680 g/mol. The molecule has 8 heteroatoms. The minimum atomic E-state index is -0.630. The number of aryl methyl sites for hydroxylation is 1. The zero-order valence-corrected chi connectivity index (χ0v) is 28.5. The Morgan fingerprint density at radius 2 is 1.45 bits per heavy atom. The van der Waals surface area contributed by atoms with Crippen LogP contribution in [0.25, 0.3) is 33.3 Å². The smallest absolute Gasteiger partial charge is 0.339 e. The van der Waals surface area contributed by atoms with Gasteiger partial charge >= 0.3 is 5.97 Å². The highest BCUT2D eigenvalue weighted by atomic mass is 79.9. The Hall–Kier alpha value is -4.95. The van der Waals surface area contributed by atoms with E-state index in [0.29, 0.717) is 51.7 Å². The second-order valence-electron chi connectivity index (χ2n) is 13.3. The number of amides is 2. The van der Waals surface area contributed by atoms with Gasteiger partial charge in [-0.25, -0.2) is 9.78 Å². The molecule has 0 N–H and O–H groups in total. The van der Waals surface area contributed by atoms with Crippen molar-refractivity contribution in [1.82, 2.24) is 4.98 Å². The van der Waals surface area contributed by atoms with Gasteiger partial charge < -0.3 is 4.74 Å². The molecule has 2 amide bonds. The standard InChI is InChI=1S/C41H33BrN2O5/c1-2-23-19-30(42)20-32-33(41(48)49-22-35(45)27-10-8-25(9-11-27)24-6-4-3-5-7-24)21-34(43-38(23)32)26-14-16-31(17-15-26)44-39(46)36-28-12-13-29(18-28)37(36)40(44)47/h3-11,14-17,19-21,28-29,36-37H,2,12-13,18,22H2,1H3. The van der Waals surface area contributed by atoms with Gasteiger partial charge in [0.25, 0.3) is 0 Å². The summed E-state index contributed by atoms with van der Waals surface area (Å²) in [6.45, 7) is 1.61. The van der Waals surface area contributed by atoms with E-state index in [-0.39, 0.29) is 29.4 Å². The van der Waals surface area contributed by atoms with Crippen molar-refractivity contribution in [2.75, 3.05) is 11.5 Å². The number of carbonyl (C=O) groups is 4. The van der Waals surface area contributed by atoms with Crippen LogP contribution in [-0.4, -0.2) is 35.2 Å². The van der Waals surface area contributed by atoms with Crippen molar-refractivity contribution >= 4 is 56.1 Å². The lowest BCUT2D eigenvalue weighted by molar-refractivity contribution is -0.123. The number of imide groups is 1. The van der Waals surface area contributed by atoms with Crippen LogP contribution >= 0.6 is 15.9 Å². The zero-order chi connectivity index (χ0) is 33.8. The first kappa shape index (κ1) is 31.3. The highest BCUT2D eigenvalue weighted by Crippen LogP contribution is 2.56. The first-order chi connectivity index (χ1) is 23.8. The average Bonchev–Trinajstić information content (AvgIpc) is 3.83. The molecule has 1 aromatic heterocycles. The molecule has 5 aromatic rings. The summed E-state index contributed by atoms with van der Waals surface area (Å²) in [5.41, 5.74) is 6.21. The van der Waals surface area contributed by atoms with Gasteiger partial charge in [-0.2, -0.15) is 0 Å². The van der Waals surface area contributed by atoms with Gasteiger partial charge in [0.05, 0.1) is 34.3 Å². The van der Waals surface area contributed by atoms with Gasteiger partial charge in [0.1, 0.15) is 0 Å². The number of rotatable bonds is 8. The average molecular weight is 714 g/mol. The van der Waals surface area contributed by atoms with Gasteiger partial charge in [-0.1, -0.05) is 89.6 Å². The number of Topliss-reactive ketones (excluding diaryl/α,β-unsaturated/α-hetero) is 1. The molecule has 2 bridgehead atoms. The maximum atomic E-state index is 13.7. The third-order valence-electron chi connectivity index (χ3n) is 10.6. The Morgan fingerprint density at radius 1 is 0.816 bits per heavy atom. The Balaban J connectivity index is 1.06. The molecule has 3 fully saturated rings. The summed E-state index contributed by atoms with van der Waals surface area (Å²) in [5.74, 6) is -0.831. The summed E-state index contributed by atoms with van der Waals surface area (Å²) in [6.07, 6.45) is 3.73. The fourth-order valence-corrected chi connectivity index (χ4v) is 8.67. The molecule has 7 nitrogen and oxygen atoms in total. The zero-order valence-electron chi connectivity index (χ0n) is 26.9. The van der Waals surface area contributed by atoms with Crippen molar-refractivity contribution in [1.29, 1.82) is 0 Å². The molecule has 0 spiro atoms. The van der Waals surface area contributed by atoms with Crippen LogP contribution in [0.15, 0.2) is 102 Å². The molecule has 4 atom stereocenters. The SMILES string of the molecule is CCc1cc(Br)cc2c(C(=O)OCC(=O)c3ccc(-c4ccccc4)cc3)cc(-c3ccc(N4C(=O)C5C6CCC(C6)C5C4=O)cc3)nc12. The number of pyridine rings is 1. The topological polar surface area (TPSA) is 93.6 Å². The molecule has 8 rings (SSSR count). The number of carbonyl (C=O) groups excluding carboxylic acids is 4. The number of halogens is 1. The van der Waals surface area contributed by atoms with Gasteiger partial charge in [0, 0.05) is 21.0 Å². The molecule has 4 aromatic carbocycles. The number of benzene rings is 4. The quantitative estimate of drug-likeness (QED) is 0.0911. The number of ether oxygens (including phenoxy) is 1. The molecule has 244 valence electrons. The van der Waals surface area contributed by atoms with Crippen LogP contribution in [0.4, 0.5) is 5.69 Å². The fraction of sp³-hybridized carbons (Fsp3) is 0.244. The number of esters is 1. The Morgan fingerprint density at radius 3 is 2.10 bits per heavy atom. The highest BCUT2D eigenvalue weighted by Gasteiger charge is 2.61. The highest BCUT2D eigenvalue weighted by molar-refractivity contribution is 9.10. The van der Waals surface area contributed by atoms with Crippen molar-refractivity contribution in [2.24, 2.45) is 23.7 Å². The van der Waals surface area contributed by atoms with E-state index >= 15 is 0 Å². The Bertz CT molecular complexity index is 2120. The van der Waals surface area contributed by atoms with E-state index in [1.165, 1.54) is 4.90 Å². The van der Waals surface area contributed by atoms with Crippen molar-refractivity contribution in [3.05, 3.63) is 118 Å². The van der Waals surface area contributed by atoms with Crippen LogP contribution in [0.3, 0.4) is 0 Å². The van der Waals surface area contributed by atoms with E-state index in [0.717, 1.165) is 46.0 Å². The molecule has 0 radical (unpaired) electrons. The normalized spacial score (nSPS) is 21.0. The third kappa shape index (κ3) is 5.48. The molecule has 3 aliphatic rings. The summed E-state index contributed by atoms with van der Waals surface area (Å²) in [7, 11) is 0. The van der Waals surface area contributed by atoms with Crippen molar-refractivity contribution < 1.29 is 23.9 Å². The molecule has 2 saturated carbocycles. The molecular formula is C41H33BrN2O5. The minimum absolute atomic E-state index is 0.0799. The van der Waals surface area contributed by atoms with Gasteiger partial charge in [-0.05, 0) is 84.5 Å². The van der Waals surface area contributed by atoms with E-state index in [4.69, 9.17) is 9.72 Å². The summed E-state index contributed by atoms with van der Waals surface area (Å²) < 4.78 is 6.43. The van der Waals surface area contributed by atoms with E-state index in [9.17, 15) is 19.2 Å². The predicted molar refractivity (Wildman–Crippen MR) is 191 cm³/mol. The van der Waals surface area contributed by atoms with Crippen molar-refractivity contribution in [2.45, 2.75) is 32.6 Å². The third-order valence-corrected chi connectivity index (χ3v) is 11.0. The van der Waals surface area contributed by atoms with E-state index < -0.39 is 12.6 Å². The summed E-state index contributed by atoms with van der Waals surface area (Å²) >= 11 is 3.57. The minimum Gasteiger partial charge on any atom is -0.454 e. The summed E-state index contributed by atoms with van der Waals surface area (Å²) in [5, 5.41) is 0.616. The predicted octanol–water partition coefficient (Wildman–Crippen LogP) is 8.47. The number of hydrogen-bond donors (Lipinski definition) is 0. The number of ketones is 1. The first-order valence-electron chi connectivity index (χ1n) is 16.8. The lowest BCUT2D eigenvalue weighted by Crippen LogP contribution is -2.32. The molecule has 1 saturated heterocycles. The molecule has 2 aliphatic carbocycles. The van der Waals surface area contributed by atoms with Gasteiger partial charge in [-0.15, -0.1) is 0 Å². The van der Waals surface area contributed by atoms with Gasteiger partial charge in [0.2, 0.25) is 11.8 Å². The number of fused-ring (bicyclic) bond motifs is 6. The lowest BCUT2D eigenvalue weighted by Gasteiger charge is -2.19. The first-order valence-corrected chi connectivity index (χ1v) is 17.6. The molecule has 2 heterocycles. The van der Waals surface area contributed by atoms with E-state index in [1.54, 1.807) is 30.3 Å². The van der Waals surface area contributed by atoms with Crippen LogP contribution in [0.2, 0.25) is 0 Å². The van der Waals surface area contributed by atoms with Gasteiger partial charge in [0.15, 0.2) is 12.4 Å².